The summed E-state index contributed by atoms with van der Waals surface area (Å²) in [6, 6.07) is 0. The maximum Gasteiger partial charge on any atom is 0.226 e. The molecule has 3 nitrogen and oxygen atoms in total. The molecule has 0 saturated carbocycles. The van der Waals surface area contributed by atoms with Crippen molar-refractivity contribution in [2.24, 2.45) is 5.92 Å². The Kier molecular flexibility index (Phi) is 4.34. The van der Waals surface area contributed by atoms with Crippen LogP contribution in [0, 0.1) is 5.92 Å². The van der Waals surface area contributed by atoms with Crippen LogP contribution >= 0.6 is 27.7 Å². The van der Waals surface area contributed by atoms with Crippen LogP contribution in [-0.2, 0) is 9.53 Å². The Morgan fingerprint density at radius 1 is 1.60 bits per heavy atom. The van der Waals surface area contributed by atoms with Gasteiger partial charge in [-0.15, -0.1) is 0 Å². The second-order valence-electron chi connectivity index (χ2n) is 3.99. The zero-order chi connectivity index (χ0) is 10.7. The molecule has 2 aliphatic heterocycles. The average Bonchev–Trinajstić information content (AvgIpc) is 2.81. The Balaban J connectivity index is 1.88. The number of carbonyl (C=O) groups is 1. The predicted molar refractivity (Wildman–Crippen MR) is 65.5 cm³/mol. The molecule has 2 unspecified atom stereocenters. The fraction of sp³-hybridized carbons (Fsp3) is 0.900. The number of amides is 1. The monoisotopic (exact) mass is 293 g/mol. The molecule has 2 heterocycles. The molecule has 0 bridgehead atoms. The first-order chi connectivity index (χ1) is 7.31. The second kappa shape index (κ2) is 5.55. The van der Waals surface area contributed by atoms with Crippen molar-refractivity contribution in [3.63, 3.8) is 0 Å². The molecule has 0 N–H and O–H groups in total. The maximum atomic E-state index is 12.1. The summed E-state index contributed by atoms with van der Waals surface area (Å²) in [5.74, 6) is 2.76. The molecule has 2 atom stereocenters. The molecule has 5 heteroatoms. The van der Waals surface area contributed by atoms with Gasteiger partial charge in [-0.3, -0.25) is 4.79 Å². The molecule has 0 aromatic rings. The van der Waals surface area contributed by atoms with E-state index in [-0.39, 0.29) is 12.0 Å². The average molecular weight is 294 g/mol. The number of rotatable bonds is 2. The maximum absolute atomic E-state index is 12.1. The Bertz CT molecular complexity index is 233. The Labute approximate surface area is 103 Å². The SMILES string of the molecule is O=C(C1CCSC1)N1CCOC(CBr)C1. The summed E-state index contributed by atoms with van der Waals surface area (Å²) in [7, 11) is 0. The Morgan fingerprint density at radius 2 is 2.47 bits per heavy atom. The summed E-state index contributed by atoms with van der Waals surface area (Å²) in [5, 5.41) is 0.816. The molecule has 86 valence electrons. The van der Waals surface area contributed by atoms with Crippen molar-refractivity contribution < 1.29 is 9.53 Å². The third-order valence-corrected chi connectivity index (χ3v) is 4.79. The fourth-order valence-corrected chi connectivity index (χ4v) is 3.60. The number of halogens is 1. The van der Waals surface area contributed by atoms with Gasteiger partial charge in [-0.2, -0.15) is 11.8 Å². The van der Waals surface area contributed by atoms with E-state index in [1.807, 2.05) is 16.7 Å². The standard InChI is InChI=1S/C10H16BrNO2S/c11-5-9-6-12(2-3-14-9)10(13)8-1-4-15-7-8/h8-9H,1-7H2. The molecular weight excluding hydrogens is 278 g/mol. The number of nitrogens with zero attached hydrogens (tertiary/aromatic N) is 1. The van der Waals surface area contributed by atoms with Gasteiger partial charge in [0.05, 0.1) is 12.7 Å². The van der Waals surface area contributed by atoms with Gasteiger partial charge in [0.1, 0.15) is 0 Å². The van der Waals surface area contributed by atoms with Crippen molar-refractivity contribution in [2.45, 2.75) is 12.5 Å². The molecule has 2 rings (SSSR count). The van der Waals surface area contributed by atoms with Gasteiger partial charge in [-0.1, -0.05) is 15.9 Å². The molecule has 2 fully saturated rings. The number of ether oxygens (including phenoxy) is 1. The van der Waals surface area contributed by atoms with Crippen LogP contribution in [0.1, 0.15) is 6.42 Å². The van der Waals surface area contributed by atoms with Gasteiger partial charge < -0.3 is 9.64 Å². The highest BCUT2D eigenvalue weighted by atomic mass is 79.9. The van der Waals surface area contributed by atoms with Gasteiger partial charge in [0, 0.05) is 30.1 Å². The first kappa shape index (κ1) is 11.7. The van der Waals surface area contributed by atoms with Gasteiger partial charge in [0.15, 0.2) is 0 Å². The van der Waals surface area contributed by atoms with Gasteiger partial charge in [0.25, 0.3) is 0 Å². The molecule has 2 aliphatic rings. The van der Waals surface area contributed by atoms with Crippen LogP contribution in [0.4, 0.5) is 0 Å². The first-order valence-electron chi connectivity index (χ1n) is 5.35. The summed E-state index contributed by atoms with van der Waals surface area (Å²) in [4.78, 5) is 14.1. The van der Waals surface area contributed by atoms with Crippen LogP contribution in [0.25, 0.3) is 0 Å². The molecule has 0 radical (unpaired) electrons. The Morgan fingerprint density at radius 3 is 3.13 bits per heavy atom. The van der Waals surface area contributed by atoms with Crippen molar-refractivity contribution in [3.8, 4) is 0 Å². The lowest BCUT2D eigenvalue weighted by Gasteiger charge is -2.33. The summed E-state index contributed by atoms with van der Waals surface area (Å²) in [6.07, 6.45) is 1.23. The predicted octanol–water partition coefficient (Wildman–Crippen LogP) is 1.36. The summed E-state index contributed by atoms with van der Waals surface area (Å²) >= 11 is 5.30. The highest BCUT2D eigenvalue weighted by Gasteiger charge is 2.30. The zero-order valence-corrected chi connectivity index (χ0v) is 11.1. The minimum atomic E-state index is 0.178. The number of morpholine rings is 1. The molecule has 0 aliphatic carbocycles. The fourth-order valence-electron chi connectivity index (χ4n) is 2.00. The molecule has 0 aromatic carbocycles. The van der Waals surface area contributed by atoms with Gasteiger partial charge in [0.2, 0.25) is 5.91 Å². The van der Waals surface area contributed by atoms with Crippen LogP contribution in [0.5, 0.6) is 0 Å². The summed E-state index contributed by atoms with van der Waals surface area (Å²) in [5.41, 5.74) is 0. The number of hydrogen-bond donors (Lipinski definition) is 0. The number of alkyl halides is 1. The quantitative estimate of drug-likeness (QED) is 0.720. The second-order valence-corrected chi connectivity index (χ2v) is 5.79. The van der Waals surface area contributed by atoms with Crippen LogP contribution in [-0.4, -0.2) is 53.4 Å². The molecule has 0 aromatic heterocycles. The van der Waals surface area contributed by atoms with E-state index in [4.69, 9.17) is 4.74 Å². The third-order valence-electron chi connectivity index (χ3n) is 2.90. The molecular formula is C10H16BrNO2S. The van der Waals surface area contributed by atoms with E-state index >= 15 is 0 Å². The lowest BCUT2D eigenvalue weighted by atomic mass is 10.1. The highest BCUT2D eigenvalue weighted by molar-refractivity contribution is 9.09. The van der Waals surface area contributed by atoms with E-state index in [1.165, 1.54) is 0 Å². The number of hydrogen-bond acceptors (Lipinski definition) is 3. The molecule has 1 amide bonds. The van der Waals surface area contributed by atoms with Crippen molar-refractivity contribution >= 4 is 33.6 Å². The van der Waals surface area contributed by atoms with E-state index in [0.29, 0.717) is 12.5 Å². The largest absolute Gasteiger partial charge is 0.374 e. The summed E-state index contributed by atoms with van der Waals surface area (Å²) < 4.78 is 5.52. The minimum Gasteiger partial charge on any atom is -0.374 e. The molecule has 15 heavy (non-hydrogen) atoms. The van der Waals surface area contributed by atoms with Crippen LogP contribution in [0.3, 0.4) is 0 Å². The van der Waals surface area contributed by atoms with E-state index in [2.05, 4.69) is 15.9 Å². The molecule has 0 spiro atoms. The third kappa shape index (κ3) is 2.88. The van der Waals surface area contributed by atoms with E-state index in [1.54, 1.807) is 0 Å². The lowest BCUT2D eigenvalue weighted by molar-refractivity contribution is -0.141. The van der Waals surface area contributed by atoms with Crippen LogP contribution in [0.15, 0.2) is 0 Å². The summed E-state index contributed by atoms with van der Waals surface area (Å²) in [6.45, 7) is 2.20. The van der Waals surface area contributed by atoms with Gasteiger partial charge >= 0.3 is 0 Å². The van der Waals surface area contributed by atoms with E-state index < -0.39 is 0 Å². The number of thioether (sulfide) groups is 1. The van der Waals surface area contributed by atoms with Gasteiger partial charge in [-0.05, 0) is 12.2 Å². The van der Waals surface area contributed by atoms with Crippen molar-refractivity contribution in [1.82, 2.24) is 4.90 Å². The van der Waals surface area contributed by atoms with E-state index in [9.17, 15) is 4.79 Å². The topological polar surface area (TPSA) is 29.5 Å². The van der Waals surface area contributed by atoms with Crippen molar-refractivity contribution in [1.29, 1.82) is 0 Å². The smallest absolute Gasteiger partial charge is 0.226 e. The van der Waals surface area contributed by atoms with Crippen LogP contribution < -0.4 is 0 Å². The zero-order valence-electron chi connectivity index (χ0n) is 8.65. The van der Waals surface area contributed by atoms with Crippen molar-refractivity contribution in [2.75, 3.05) is 36.5 Å². The normalized spacial score (nSPS) is 31.9. The van der Waals surface area contributed by atoms with Crippen molar-refractivity contribution in [3.05, 3.63) is 0 Å². The molecule has 2 saturated heterocycles. The van der Waals surface area contributed by atoms with E-state index in [0.717, 1.165) is 36.3 Å². The van der Waals surface area contributed by atoms with Crippen LogP contribution in [0.2, 0.25) is 0 Å². The van der Waals surface area contributed by atoms with Gasteiger partial charge in [-0.25, -0.2) is 0 Å². The highest BCUT2D eigenvalue weighted by Crippen LogP contribution is 2.25. The lowest BCUT2D eigenvalue weighted by Crippen LogP contribution is -2.48. The number of carbonyl (C=O) groups excluding carboxylic acids is 1. The minimum absolute atomic E-state index is 0.178. The Hall–Kier alpha value is 0.260. The first-order valence-corrected chi connectivity index (χ1v) is 7.63.